The van der Waals surface area contributed by atoms with Gasteiger partial charge < -0.3 is 20.7 Å². The Balaban J connectivity index is 1.29. The molecule has 0 spiro atoms. The van der Waals surface area contributed by atoms with Crippen molar-refractivity contribution in [3.8, 4) is 11.5 Å². The Kier molecular flexibility index (Phi) is 8.69. The quantitative estimate of drug-likeness (QED) is 0.274. The second-order valence-electron chi connectivity index (χ2n) is 10.0. The van der Waals surface area contributed by atoms with Gasteiger partial charge in [0.25, 0.3) is 0 Å². The maximum atomic E-state index is 5.92. The highest BCUT2D eigenvalue weighted by Crippen LogP contribution is 2.25. The molecular formula is C29H39N7O. The molecule has 2 heterocycles. The second kappa shape index (κ2) is 12.7. The fourth-order valence-corrected chi connectivity index (χ4v) is 5.29. The molecule has 1 atom stereocenters. The van der Waals surface area contributed by atoms with Gasteiger partial charge in [-0.3, -0.25) is 4.90 Å². The Labute approximate surface area is 220 Å². The summed E-state index contributed by atoms with van der Waals surface area (Å²) in [6.45, 7) is 5.32. The summed E-state index contributed by atoms with van der Waals surface area (Å²) in [5.41, 5.74) is 0.894. The maximum Gasteiger partial charge on any atom is 0.233 e. The molecule has 0 bridgehead atoms. The maximum absolute atomic E-state index is 5.92. The molecule has 1 unspecified atom stereocenters. The predicted octanol–water partition coefficient (Wildman–Crippen LogP) is 6.44. The number of likely N-dealkylation sites (N-methyl/N-ethyl adjacent to an activating group) is 1. The Morgan fingerprint density at radius 3 is 2.24 bits per heavy atom. The highest BCUT2D eigenvalue weighted by Gasteiger charge is 2.23. The number of aromatic nitrogens is 3. The standard InChI is InChI=1S/C29H39N7O/c1-2-36-20-10-13-24(36)21-30-27-33-28(31-22-11-6-3-4-7-12-22)35-29(34-27)32-23-16-18-26(19-17-23)37-25-14-8-5-9-15-25/h5,8-9,14-19,22,24H,2-4,6-7,10-13,20-21H2,1H3,(H3,30,31,32,33,34,35). The first kappa shape index (κ1) is 25.3. The molecule has 1 aromatic heterocycles. The number of hydrogen-bond acceptors (Lipinski definition) is 8. The first-order valence-corrected chi connectivity index (χ1v) is 13.9. The minimum absolute atomic E-state index is 0.408. The van der Waals surface area contributed by atoms with Gasteiger partial charge >= 0.3 is 0 Å². The summed E-state index contributed by atoms with van der Waals surface area (Å²) in [4.78, 5) is 16.7. The van der Waals surface area contributed by atoms with Gasteiger partial charge in [0.2, 0.25) is 17.8 Å². The molecule has 0 amide bonds. The summed E-state index contributed by atoms with van der Waals surface area (Å²) in [5, 5.41) is 10.5. The average molecular weight is 502 g/mol. The monoisotopic (exact) mass is 501 g/mol. The van der Waals surface area contributed by atoms with Gasteiger partial charge in [0, 0.05) is 24.3 Å². The van der Waals surface area contributed by atoms with E-state index in [9.17, 15) is 0 Å². The van der Waals surface area contributed by atoms with Gasteiger partial charge in [-0.15, -0.1) is 0 Å². The van der Waals surface area contributed by atoms with E-state index in [1.54, 1.807) is 0 Å². The van der Waals surface area contributed by atoms with Crippen LogP contribution >= 0.6 is 0 Å². The van der Waals surface area contributed by atoms with Crippen molar-refractivity contribution >= 4 is 23.5 Å². The molecule has 2 aromatic carbocycles. The summed E-state index contributed by atoms with van der Waals surface area (Å²) >= 11 is 0. The lowest BCUT2D eigenvalue weighted by molar-refractivity contribution is 0.277. The van der Waals surface area contributed by atoms with E-state index >= 15 is 0 Å². The SMILES string of the molecule is CCN1CCCC1CNc1nc(Nc2ccc(Oc3ccccc3)cc2)nc(NC2CCCCCC2)n1. The van der Waals surface area contributed by atoms with Crippen molar-refractivity contribution in [1.82, 2.24) is 19.9 Å². The third-order valence-electron chi connectivity index (χ3n) is 7.31. The zero-order chi connectivity index (χ0) is 25.3. The van der Waals surface area contributed by atoms with E-state index in [0.29, 0.717) is 29.9 Å². The number of hydrogen-bond donors (Lipinski definition) is 3. The van der Waals surface area contributed by atoms with Crippen molar-refractivity contribution < 1.29 is 4.74 Å². The Hall–Kier alpha value is -3.39. The largest absolute Gasteiger partial charge is 0.457 e. The van der Waals surface area contributed by atoms with E-state index in [-0.39, 0.29) is 0 Å². The number of anilines is 4. The van der Waals surface area contributed by atoms with E-state index < -0.39 is 0 Å². The number of likely N-dealkylation sites (tertiary alicyclic amines) is 1. The second-order valence-corrected chi connectivity index (χ2v) is 10.0. The molecule has 196 valence electrons. The molecule has 5 rings (SSSR count). The van der Waals surface area contributed by atoms with Crippen molar-refractivity contribution in [2.24, 2.45) is 0 Å². The number of benzene rings is 2. The zero-order valence-corrected chi connectivity index (χ0v) is 21.8. The molecular weight excluding hydrogens is 462 g/mol. The van der Waals surface area contributed by atoms with Crippen molar-refractivity contribution in [3.05, 3.63) is 54.6 Å². The first-order chi connectivity index (χ1) is 18.2. The van der Waals surface area contributed by atoms with E-state index in [0.717, 1.165) is 43.1 Å². The topological polar surface area (TPSA) is 87.2 Å². The van der Waals surface area contributed by atoms with Crippen LogP contribution in [0.4, 0.5) is 23.5 Å². The summed E-state index contributed by atoms with van der Waals surface area (Å²) in [7, 11) is 0. The molecule has 3 N–H and O–H groups in total. The Bertz CT molecular complexity index is 1100. The van der Waals surface area contributed by atoms with Gasteiger partial charge in [0.05, 0.1) is 0 Å². The van der Waals surface area contributed by atoms with E-state index in [1.807, 2.05) is 54.6 Å². The van der Waals surface area contributed by atoms with Gasteiger partial charge in [-0.05, 0) is 75.2 Å². The van der Waals surface area contributed by atoms with Crippen molar-refractivity contribution in [2.75, 3.05) is 35.6 Å². The van der Waals surface area contributed by atoms with Crippen LogP contribution in [0.5, 0.6) is 11.5 Å². The summed E-state index contributed by atoms with van der Waals surface area (Å²) in [6, 6.07) is 18.6. The molecule has 1 saturated carbocycles. The van der Waals surface area contributed by atoms with Gasteiger partial charge in [-0.25, -0.2) is 0 Å². The number of nitrogens with one attached hydrogen (secondary N) is 3. The van der Waals surface area contributed by atoms with Crippen molar-refractivity contribution in [3.63, 3.8) is 0 Å². The summed E-state index contributed by atoms with van der Waals surface area (Å²) in [6.07, 6.45) is 9.92. The van der Waals surface area contributed by atoms with Crippen LogP contribution < -0.4 is 20.7 Å². The van der Waals surface area contributed by atoms with Gasteiger partial charge in [0.1, 0.15) is 11.5 Å². The van der Waals surface area contributed by atoms with Crippen LogP contribution in [0.15, 0.2) is 54.6 Å². The Morgan fingerprint density at radius 1 is 0.784 bits per heavy atom. The number of ether oxygens (including phenoxy) is 1. The van der Waals surface area contributed by atoms with Crippen LogP contribution in [-0.2, 0) is 0 Å². The lowest BCUT2D eigenvalue weighted by Gasteiger charge is -2.23. The molecule has 2 fully saturated rings. The fourth-order valence-electron chi connectivity index (χ4n) is 5.29. The molecule has 1 aliphatic heterocycles. The lowest BCUT2D eigenvalue weighted by atomic mass is 10.1. The highest BCUT2D eigenvalue weighted by molar-refractivity contribution is 5.57. The van der Waals surface area contributed by atoms with E-state index in [4.69, 9.17) is 19.7 Å². The highest BCUT2D eigenvalue weighted by atomic mass is 16.5. The molecule has 37 heavy (non-hydrogen) atoms. The molecule has 8 nitrogen and oxygen atoms in total. The molecule has 0 radical (unpaired) electrons. The first-order valence-electron chi connectivity index (χ1n) is 13.9. The number of para-hydroxylation sites is 1. The smallest absolute Gasteiger partial charge is 0.233 e. The Morgan fingerprint density at radius 2 is 1.49 bits per heavy atom. The van der Waals surface area contributed by atoms with Crippen LogP contribution in [0.2, 0.25) is 0 Å². The average Bonchev–Trinajstić information content (AvgIpc) is 3.23. The minimum atomic E-state index is 0.408. The number of rotatable bonds is 10. The van der Waals surface area contributed by atoms with Crippen LogP contribution in [0.1, 0.15) is 58.3 Å². The third-order valence-corrected chi connectivity index (χ3v) is 7.31. The lowest BCUT2D eigenvalue weighted by Crippen LogP contribution is -2.35. The summed E-state index contributed by atoms with van der Waals surface area (Å²) in [5.74, 6) is 3.37. The molecule has 1 saturated heterocycles. The van der Waals surface area contributed by atoms with Crippen LogP contribution in [0, 0.1) is 0 Å². The van der Waals surface area contributed by atoms with Crippen molar-refractivity contribution in [1.29, 1.82) is 0 Å². The van der Waals surface area contributed by atoms with Crippen LogP contribution in [-0.4, -0.2) is 51.6 Å². The van der Waals surface area contributed by atoms with Gasteiger partial charge in [-0.2, -0.15) is 15.0 Å². The molecule has 3 aromatic rings. The molecule has 8 heteroatoms. The minimum Gasteiger partial charge on any atom is -0.457 e. The molecule has 2 aliphatic rings. The third kappa shape index (κ3) is 7.32. The normalized spacial score (nSPS) is 18.8. The molecule has 1 aliphatic carbocycles. The van der Waals surface area contributed by atoms with Crippen LogP contribution in [0.25, 0.3) is 0 Å². The van der Waals surface area contributed by atoms with Crippen molar-refractivity contribution in [2.45, 2.75) is 70.4 Å². The zero-order valence-electron chi connectivity index (χ0n) is 21.8. The fraction of sp³-hybridized carbons (Fsp3) is 0.483. The predicted molar refractivity (Wildman–Crippen MR) is 150 cm³/mol. The van der Waals surface area contributed by atoms with E-state index in [2.05, 4.69) is 27.8 Å². The summed E-state index contributed by atoms with van der Waals surface area (Å²) < 4.78 is 5.92. The number of nitrogens with zero attached hydrogens (tertiary/aromatic N) is 4. The van der Waals surface area contributed by atoms with E-state index in [1.165, 1.54) is 45.1 Å². The van der Waals surface area contributed by atoms with Crippen LogP contribution in [0.3, 0.4) is 0 Å². The van der Waals surface area contributed by atoms with Gasteiger partial charge in [0.15, 0.2) is 0 Å². The van der Waals surface area contributed by atoms with Gasteiger partial charge in [-0.1, -0.05) is 50.8 Å².